The number of nitro benzene ring substituents is 1. The maximum atomic E-state index is 12.2. The quantitative estimate of drug-likeness (QED) is 0.348. The highest BCUT2D eigenvalue weighted by Gasteiger charge is 2.13. The van der Waals surface area contributed by atoms with Gasteiger partial charge < -0.3 is 5.32 Å². The van der Waals surface area contributed by atoms with E-state index in [4.69, 9.17) is 11.6 Å². The SMILES string of the molecule is N#C/C(=C\c1cc([N+](=O)[O-])ccc1Cl)C(=O)Nc1cccc(Br)c1. The maximum Gasteiger partial charge on any atom is 0.270 e. The van der Waals surface area contributed by atoms with Crippen LogP contribution in [0.4, 0.5) is 11.4 Å². The summed E-state index contributed by atoms with van der Waals surface area (Å²) in [5, 5.41) is 22.8. The molecule has 0 unspecified atom stereocenters. The Morgan fingerprint density at radius 3 is 2.71 bits per heavy atom. The Balaban J connectivity index is 2.32. The zero-order valence-electron chi connectivity index (χ0n) is 12.0. The molecule has 0 aliphatic carbocycles. The van der Waals surface area contributed by atoms with E-state index in [1.165, 1.54) is 24.3 Å². The van der Waals surface area contributed by atoms with Crippen LogP contribution in [0.2, 0.25) is 5.02 Å². The molecule has 0 heterocycles. The topological polar surface area (TPSA) is 96.0 Å². The van der Waals surface area contributed by atoms with Gasteiger partial charge in [-0.05, 0) is 30.3 Å². The summed E-state index contributed by atoms with van der Waals surface area (Å²) in [5.74, 6) is -0.641. The monoisotopic (exact) mass is 405 g/mol. The van der Waals surface area contributed by atoms with E-state index in [-0.39, 0.29) is 21.8 Å². The lowest BCUT2D eigenvalue weighted by molar-refractivity contribution is -0.384. The number of rotatable bonds is 4. The molecule has 2 rings (SSSR count). The van der Waals surface area contributed by atoms with Gasteiger partial charge >= 0.3 is 0 Å². The number of nitrogens with one attached hydrogen (secondary N) is 1. The van der Waals surface area contributed by atoms with Crippen LogP contribution in [-0.2, 0) is 4.79 Å². The van der Waals surface area contributed by atoms with Gasteiger partial charge in [-0.25, -0.2) is 0 Å². The smallest absolute Gasteiger partial charge is 0.270 e. The highest BCUT2D eigenvalue weighted by Crippen LogP contribution is 2.24. The summed E-state index contributed by atoms with van der Waals surface area (Å²) in [5.41, 5.74) is 0.306. The van der Waals surface area contributed by atoms with Gasteiger partial charge in [0.2, 0.25) is 0 Å². The molecule has 0 saturated carbocycles. The number of nitro groups is 1. The summed E-state index contributed by atoms with van der Waals surface area (Å²) >= 11 is 9.25. The number of nitrogens with zero attached hydrogens (tertiary/aromatic N) is 2. The van der Waals surface area contributed by atoms with Crippen LogP contribution in [0.25, 0.3) is 6.08 Å². The predicted octanol–water partition coefficient (Wildman–Crippen LogP) is 4.56. The van der Waals surface area contributed by atoms with Crippen molar-refractivity contribution in [1.29, 1.82) is 5.26 Å². The number of carbonyl (C=O) groups is 1. The van der Waals surface area contributed by atoms with Gasteiger partial charge in [0.05, 0.1) is 4.92 Å². The number of amides is 1. The zero-order valence-corrected chi connectivity index (χ0v) is 14.3. The third-order valence-corrected chi connectivity index (χ3v) is 3.78. The number of nitriles is 1. The van der Waals surface area contributed by atoms with Crippen molar-refractivity contribution >= 4 is 50.9 Å². The van der Waals surface area contributed by atoms with E-state index in [0.717, 1.165) is 4.47 Å². The van der Waals surface area contributed by atoms with E-state index < -0.39 is 10.8 Å². The zero-order chi connectivity index (χ0) is 17.7. The Morgan fingerprint density at radius 2 is 2.08 bits per heavy atom. The van der Waals surface area contributed by atoms with Crippen molar-refractivity contribution in [3.05, 3.63) is 73.2 Å². The molecule has 0 aromatic heterocycles. The van der Waals surface area contributed by atoms with Gasteiger partial charge in [-0.15, -0.1) is 0 Å². The van der Waals surface area contributed by atoms with Gasteiger partial charge in [0.15, 0.2) is 0 Å². The number of non-ortho nitro benzene ring substituents is 1. The number of hydrogen-bond donors (Lipinski definition) is 1. The minimum absolute atomic E-state index is 0.185. The van der Waals surface area contributed by atoms with Crippen LogP contribution < -0.4 is 5.32 Å². The summed E-state index contributed by atoms with van der Waals surface area (Å²) in [4.78, 5) is 22.4. The highest BCUT2D eigenvalue weighted by atomic mass is 79.9. The number of anilines is 1. The molecule has 1 amide bonds. The van der Waals surface area contributed by atoms with E-state index in [9.17, 15) is 20.2 Å². The second-order valence-electron chi connectivity index (χ2n) is 4.60. The van der Waals surface area contributed by atoms with E-state index in [1.54, 1.807) is 30.3 Å². The number of halogens is 2. The van der Waals surface area contributed by atoms with Gasteiger partial charge in [0, 0.05) is 32.9 Å². The van der Waals surface area contributed by atoms with Crippen molar-refractivity contribution in [1.82, 2.24) is 0 Å². The van der Waals surface area contributed by atoms with Crippen molar-refractivity contribution in [2.45, 2.75) is 0 Å². The highest BCUT2D eigenvalue weighted by molar-refractivity contribution is 9.10. The second kappa shape index (κ2) is 7.73. The van der Waals surface area contributed by atoms with Gasteiger partial charge in [-0.3, -0.25) is 14.9 Å². The van der Waals surface area contributed by atoms with Crippen molar-refractivity contribution in [2.75, 3.05) is 5.32 Å². The average Bonchev–Trinajstić information content (AvgIpc) is 2.53. The van der Waals surface area contributed by atoms with E-state index >= 15 is 0 Å². The fourth-order valence-corrected chi connectivity index (χ4v) is 2.40. The Labute approximate surface area is 150 Å². The Hall–Kier alpha value is -2.69. The van der Waals surface area contributed by atoms with Crippen molar-refractivity contribution in [2.24, 2.45) is 0 Å². The normalized spacial score (nSPS) is 10.8. The Kier molecular flexibility index (Phi) is 5.68. The molecule has 120 valence electrons. The fourth-order valence-electron chi connectivity index (χ4n) is 1.82. The number of carbonyl (C=O) groups excluding carboxylic acids is 1. The van der Waals surface area contributed by atoms with Crippen LogP contribution >= 0.6 is 27.5 Å². The molecule has 0 fully saturated rings. The molecular formula is C16H9BrClN3O3. The lowest BCUT2D eigenvalue weighted by atomic mass is 10.1. The summed E-state index contributed by atoms with van der Waals surface area (Å²) in [6.45, 7) is 0. The molecule has 2 aromatic rings. The molecule has 0 radical (unpaired) electrons. The van der Waals surface area contributed by atoms with Gasteiger partial charge in [-0.1, -0.05) is 33.6 Å². The van der Waals surface area contributed by atoms with Crippen LogP contribution in [0.3, 0.4) is 0 Å². The van der Waals surface area contributed by atoms with Crippen molar-refractivity contribution in [3.63, 3.8) is 0 Å². The lowest BCUT2D eigenvalue weighted by Crippen LogP contribution is -2.13. The van der Waals surface area contributed by atoms with Crippen LogP contribution in [-0.4, -0.2) is 10.8 Å². The average molecular weight is 407 g/mol. The van der Waals surface area contributed by atoms with Crippen LogP contribution in [0, 0.1) is 21.4 Å². The van der Waals surface area contributed by atoms with E-state index in [2.05, 4.69) is 21.2 Å². The largest absolute Gasteiger partial charge is 0.321 e. The summed E-state index contributed by atoms with van der Waals surface area (Å²) in [6.07, 6.45) is 1.21. The first-order valence-corrected chi connectivity index (χ1v) is 7.70. The molecule has 1 N–H and O–H groups in total. The molecule has 6 nitrogen and oxygen atoms in total. The molecular weight excluding hydrogens is 398 g/mol. The van der Waals surface area contributed by atoms with Gasteiger partial charge in [0.25, 0.3) is 11.6 Å². The van der Waals surface area contributed by atoms with E-state index in [0.29, 0.717) is 5.69 Å². The minimum Gasteiger partial charge on any atom is -0.321 e. The molecule has 24 heavy (non-hydrogen) atoms. The number of hydrogen-bond acceptors (Lipinski definition) is 4. The molecule has 8 heteroatoms. The first-order valence-electron chi connectivity index (χ1n) is 6.53. The van der Waals surface area contributed by atoms with Crippen LogP contribution in [0.5, 0.6) is 0 Å². The minimum atomic E-state index is -0.641. The Bertz CT molecular complexity index is 890. The molecule has 0 aliphatic heterocycles. The molecule has 0 saturated heterocycles. The van der Waals surface area contributed by atoms with E-state index in [1.807, 2.05) is 0 Å². The van der Waals surface area contributed by atoms with Gasteiger partial charge in [0.1, 0.15) is 11.6 Å². The maximum absolute atomic E-state index is 12.2. The summed E-state index contributed by atoms with van der Waals surface area (Å²) in [6, 6.07) is 12.4. The molecule has 2 aromatic carbocycles. The standard InChI is InChI=1S/C16H9BrClN3O3/c17-12-2-1-3-13(8-12)20-16(22)11(9-19)6-10-7-14(21(23)24)4-5-15(10)18/h1-8H,(H,20,22)/b11-6+. The Morgan fingerprint density at radius 1 is 1.33 bits per heavy atom. The van der Waals surface area contributed by atoms with Crippen LogP contribution in [0.15, 0.2) is 52.5 Å². The third kappa shape index (κ3) is 4.41. The number of benzene rings is 2. The molecule has 0 spiro atoms. The van der Waals surface area contributed by atoms with Crippen LogP contribution in [0.1, 0.15) is 5.56 Å². The first-order chi connectivity index (χ1) is 11.4. The summed E-state index contributed by atoms with van der Waals surface area (Å²) < 4.78 is 0.768. The first kappa shape index (κ1) is 17.7. The molecule has 0 aliphatic rings. The van der Waals surface area contributed by atoms with Crippen molar-refractivity contribution < 1.29 is 9.72 Å². The predicted molar refractivity (Wildman–Crippen MR) is 94.5 cm³/mol. The summed E-state index contributed by atoms with van der Waals surface area (Å²) in [7, 11) is 0. The third-order valence-electron chi connectivity index (χ3n) is 2.94. The second-order valence-corrected chi connectivity index (χ2v) is 5.92. The fraction of sp³-hybridized carbons (Fsp3) is 0. The molecule has 0 atom stereocenters. The van der Waals surface area contributed by atoms with Gasteiger partial charge in [-0.2, -0.15) is 5.26 Å². The molecule has 0 bridgehead atoms. The van der Waals surface area contributed by atoms with Crippen molar-refractivity contribution in [3.8, 4) is 6.07 Å². The lowest BCUT2D eigenvalue weighted by Gasteiger charge is -2.05.